The van der Waals surface area contributed by atoms with E-state index in [4.69, 9.17) is 0 Å². The van der Waals surface area contributed by atoms with Crippen LogP contribution in [0, 0.1) is 5.41 Å². The van der Waals surface area contributed by atoms with E-state index in [2.05, 4.69) is 13.5 Å². The van der Waals surface area contributed by atoms with Gasteiger partial charge in [-0.1, -0.05) is 45.6 Å². The molecular formula is C12H21O2-. The van der Waals surface area contributed by atoms with Crippen LogP contribution in [0.25, 0.3) is 0 Å². The van der Waals surface area contributed by atoms with Gasteiger partial charge in [-0.3, -0.25) is 0 Å². The van der Waals surface area contributed by atoms with Crippen LogP contribution in [0.3, 0.4) is 0 Å². The number of carbonyl (C=O) groups excluding carboxylic acids is 1. The fourth-order valence-corrected chi connectivity index (χ4v) is 1.55. The van der Waals surface area contributed by atoms with Gasteiger partial charge in [0.25, 0.3) is 0 Å². The lowest BCUT2D eigenvalue weighted by molar-refractivity contribution is -0.318. The molecule has 0 aromatic heterocycles. The van der Waals surface area contributed by atoms with E-state index in [0.29, 0.717) is 12.8 Å². The smallest absolute Gasteiger partial charge is 0.0476 e. The first-order chi connectivity index (χ1) is 6.56. The Morgan fingerprint density at radius 3 is 2.50 bits per heavy atom. The van der Waals surface area contributed by atoms with Crippen molar-refractivity contribution in [2.45, 2.75) is 52.4 Å². The standard InChI is InChI=1S/C12H22O2/c1-4-6-7-8-10-12(3,9-5-2)11(13)14/h5H,2,4,6-10H2,1,3H3,(H,13,14)/p-1. The highest BCUT2D eigenvalue weighted by Gasteiger charge is 2.23. The largest absolute Gasteiger partial charge is 0.550 e. The zero-order valence-corrected chi connectivity index (χ0v) is 9.34. The first-order valence-electron chi connectivity index (χ1n) is 5.39. The third kappa shape index (κ3) is 4.45. The molecule has 0 aliphatic rings. The molecule has 0 heterocycles. The molecule has 14 heavy (non-hydrogen) atoms. The van der Waals surface area contributed by atoms with Crippen LogP contribution in [0.5, 0.6) is 0 Å². The van der Waals surface area contributed by atoms with E-state index in [9.17, 15) is 9.90 Å². The Kier molecular flexibility index (Phi) is 6.26. The van der Waals surface area contributed by atoms with E-state index in [1.54, 1.807) is 13.0 Å². The molecule has 1 atom stereocenters. The van der Waals surface area contributed by atoms with Crippen molar-refractivity contribution in [1.29, 1.82) is 0 Å². The predicted molar refractivity (Wildman–Crippen MR) is 56.7 cm³/mol. The molecule has 0 bridgehead atoms. The molecule has 0 aliphatic carbocycles. The van der Waals surface area contributed by atoms with E-state index in [1.807, 2.05) is 0 Å². The number of hydrogen-bond acceptors (Lipinski definition) is 2. The number of carboxylic acids is 1. The van der Waals surface area contributed by atoms with Crippen molar-refractivity contribution >= 4 is 5.97 Å². The van der Waals surface area contributed by atoms with Crippen LogP contribution < -0.4 is 5.11 Å². The molecule has 0 aromatic carbocycles. The number of carbonyl (C=O) groups is 1. The average Bonchev–Trinajstić information content (AvgIpc) is 2.13. The zero-order valence-electron chi connectivity index (χ0n) is 9.34. The maximum absolute atomic E-state index is 10.9. The quantitative estimate of drug-likeness (QED) is 0.442. The molecule has 0 N–H and O–H groups in total. The Morgan fingerprint density at radius 1 is 1.43 bits per heavy atom. The van der Waals surface area contributed by atoms with Crippen molar-refractivity contribution < 1.29 is 9.90 Å². The number of rotatable bonds is 8. The normalized spacial score (nSPS) is 14.7. The molecule has 0 saturated carbocycles. The zero-order chi connectivity index (χ0) is 11.0. The van der Waals surface area contributed by atoms with E-state index in [0.717, 1.165) is 12.8 Å². The van der Waals surface area contributed by atoms with Crippen molar-refractivity contribution in [2.24, 2.45) is 5.41 Å². The molecule has 0 aliphatic heterocycles. The minimum absolute atomic E-state index is 0.501. The molecule has 2 heteroatoms. The van der Waals surface area contributed by atoms with Gasteiger partial charge in [-0.25, -0.2) is 0 Å². The Morgan fingerprint density at radius 2 is 2.07 bits per heavy atom. The summed E-state index contributed by atoms with van der Waals surface area (Å²) in [6.07, 6.45) is 7.28. The second kappa shape index (κ2) is 6.63. The molecule has 0 radical (unpaired) electrons. The maximum atomic E-state index is 10.9. The predicted octanol–water partition coefficient (Wildman–Crippen LogP) is 2.29. The fourth-order valence-electron chi connectivity index (χ4n) is 1.55. The second-order valence-electron chi connectivity index (χ2n) is 4.15. The number of allylic oxidation sites excluding steroid dienone is 1. The van der Waals surface area contributed by atoms with Crippen molar-refractivity contribution in [3.05, 3.63) is 12.7 Å². The molecule has 82 valence electrons. The topological polar surface area (TPSA) is 40.1 Å². The number of aliphatic carboxylic acids is 1. The van der Waals surface area contributed by atoms with Gasteiger partial charge in [-0.05, 0) is 12.8 Å². The first kappa shape index (κ1) is 13.2. The third-order valence-electron chi connectivity index (χ3n) is 2.67. The average molecular weight is 197 g/mol. The summed E-state index contributed by atoms with van der Waals surface area (Å²) in [7, 11) is 0. The molecule has 1 unspecified atom stereocenters. The van der Waals surface area contributed by atoms with Crippen molar-refractivity contribution in [3.8, 4) is 0 Å². The van der Waals surface area contributed by atoms with Crippen molar-refractivity contribution in [2.75, 3.05) is 0 Å². The SMILES string of the molecule is C=CCC(C)(CCCCCC)C(=O)[O-]. The molecule has 0 saturated heterocycles. The summed E-state index contributed by atoms with van der Waals surface area (Å²) < 4.78 is 0. The van der Waals surface area contributed by atoms with Crippen LogP contribution in [-0.2, 0) is 4.79 Å². The minimum Gasteiger partial charge on any atom is -0.550 e. The molecule has 0 amide bonds. The molecular weight excluding hydrogens is 176 g/mol. The summed E-state index contributed by atoms with van der Waals surface area (Å²) in [5.41, 5.74) is -0.713. The number of hydrogen-bond donors (Lipinski definition) is 0. The maximum Gasteiger partial charge on any atom is 0.0476 e. The molecule has 0 spiro atoms. The Labute approximate surface area is 87.0 Å². The number of unbranched alkanes of at least 4 members (excludes halogenated alkanes) is 3. The van der Waals surface area contributed by atoms with Crippen LogP contribution in [-0.4, -0.2) is 5.97 Å². The Bertz CT molecular complexity index is 187. The lowest BCUT2D eigenvalue weighted by atomic mass is 9.81. The van der Waals surface area contributed by atoms with Crippen LogP contribution in [0.1, 0.15) is 52.4 Å². The van der Waals surface area contributed by atoms with Gasteiger partial charge in [0.15, 0.2) is 0 Å². The van der Waals surface area contributed by atoms with Crippen LogP contribution in [0.2, 0.25) is 0 Å². The monoisotopic (exact) mass is 197 g/mol. The summed E-state index contributed by atoms with van der Waals surface area (Å²) in [4.78, 5) is 10.9. The summed E-state index contributed by atoms with van der Waals surface area (Å²) >= 11 is 0. The first-order valence-corrected chi connectivity index (χ1v) is 5.39. The highest BCUT2D eigenvalue weighted by molar-refractivity contribution is 5.72. The van der Waals surface area contributed by atoms with Gasteiger partial charge >= 0.3 is 0 Å². The number of carboxylic acid groups (broad SMARTS) is 1. The van der Waals surface area contributed by atoms with E-state index >= 15 is 0 Å². The van der Waals surface area contributed by atoms with Gasteiger partial charge in [-0.15, -0.1) is 6.58 Å². The Balaban J connectivity index is 3.96. The lowest BCUT2D eigenvalue weighted by Gasteiger charge is -2.29. The second-order valence-corrected chi connectivity index (χ2v) is 4.15. The van der Waals surface area contributed by atoms with Crippen LogP contribution in [0.15, 0.2) is 12.7 Å². The summed E-state index contributed by atoms with van der Waals surface area (Å²) in [6, 6.07) is 0. The minimum atomic E-state index is -0.950. The van der Waals surface area contributed by atoms with E-state index in [-0.39, 0.29) is 0 Å². The van der Waals surface area contributed by atoms with Gasteiger partial charge in [0.1, 0.15) is 0 Å². The molecule has 0 fully saturated rings. The van der Waals surface area contributed by atoms with Crippen molar-refractivity contribution in [1.82, 2.24) is 0 Å². The van der Waals surface area contributed by atoms with E-state index < -0.39 is 11.4 Å². The molecule has 0 aromatic rings. The molecule has 2 nitrogen and oxygen atoms in total. The van der Waals surface area contributed by atoms with Crippen LogP contribution >= 0.6 is 0 Å². The lowest BCUT2D eigenvalue weighted by Crippen LogP contribution is -2.39. The van der Waals surface area contributed by atoms with Gasteiger partial charge < -0.3 is 9.90 Å². The fraction of sp³-hybridized carbons (Fsp3) is 0.750. The van der Waals surface area contributed by atoms with Gasteiger partial charge in [0.05, 0.1) is 0 Å². The summed E-state index contributed by atoms with van der Waals surface area (Å²) in [6.45, 7) is 7.47. The highest BCUT2D eigenvalue weighted by atomic mass is 16.4. The van der Waals surface area contributed by atoms with Gasteiger partial charge in [0.2, 0.25) is 0 Å². The van der Waals surface area contributed by atoms with Gasteiger partial charge in [-0.2, -0.15) is 0 Å². The summed E-state index contributed by atoms with van der Waals surface area (Å²) in [5, 5.41) is 10.9. The third-order valence-corrected chi connectivity index (χ3v) is 2.67. The van der Waals surface area contributed by atoms with Crippen LogP contribution in [0.4, 0.5) is 0 Å². The summed E-state index contributed by atoms with van der Waals surface area (Å²) in [5.74, 6) is -0.950. The Hall–Kier alpha value is -0.790. The highest BCUT2D eigenvalue weighted by Crippen LogP contribution is 2.28. The van der Waals surface area contributed by atoms with Crippen molar-refractivity contribution in [3.63, 3.8) is 0 Å². The van der Waals surface area contributed by atoms with Gasteiger partial charge in [0, 0.05) is 11.4 Å². The van der Waals surface area contributed by atoms with E-state index in [1.165, 1.54) is 12.8 Å². The molecule has 0 rings (SSSR count).